The van der Waals surface area contributed by atoms with E-state index in [4.69, 9.17) is 10.5 Å². The van der Waals surface area contributed by atoms with Crippen LogP contribution in [0.15, 0.2) is 48.5 Å². The first-order chi connectivity index (χ1) is 10.3. The van der Waals surface area contributed by atoms with Gasteiger partial charge in [0.25, 0.3) is 0 Å². The molecule has 3 heteroatoms. The Morgan fingerprint density at radius 2 is 2.05 bits per heavy atom. The molecule has 2 aromatic carbocycles. The highest BCUT2D eigenvalue weighted by molar-refractivity contribution is 5.56. The highest BCUT2D eigenvalue weighted by atomic mass is 16.5. The molecule has 1 aliphatic heterocycles. The lowest BCUT2D eigenvalue weighted by atomic mass is 10.0. The Morgan fingerprint density at radius 3 is 2.86 bits per heavy atom. The second-order valence-corrected chi connectivity index (χ2v) is 5.59. The molecule has 1 heterocycles. The largest absolute Gasteiger partial charge is 0.493 e. The Bertz CT molecular complexity index is 612. The molecule has 0 fully saturated rings. The number of para-hydroxylation sites is 1. The number of ether oxygens (including phenoxy) is 1. The van der Waals surface area contributed by atoms with Gasteiger partial charge >= 0.3 is 0 Å². The maximum Gasteiger partial charge on any atom is 0.122 e. The third kappa shape index (κ3) is 2.97. The number of hydrogen-bond acceptors (Lipinski definition) is 3. The fourth-order valence-corrected chi connectivity index (χ4v) is 2.96. The molecular weight excluding hydrogens is 260 g/mol. The predicted octanol–water partition coefficient (Wildman–Crippen LogP) is 3.66. The van der Waals surface area contributed by atoms with E-state index < -0.39 is 0 Å². The van der Waals surface area contributed by atoms with Gasteiger partial charge in [-0.15, -0.1) is 0 Å². The van der Waals surface area contributed by atoms with E-state index in [0.717, 1.165) is 37.6 Å². The maximum atomic E-state index is 5.93. The summed E-state index contributed by atoms with van der Waals surface area (Å²) in [5, 5.41) is 0. The molecule has 0 aliphatic carbocycles. The van der Waals surface area contributed by atoms with Gasteiger partial charge < -0.3 is 15.4 Å². The molecule has 0 saturated carbocycles. The van der Waals surface area contributed by atoms with Crippen molar-refractivity contribution in [2.45, 2.75) is 19.3 Å². The zero-order chi connectivity index (χ0) is 14.7. The van der Waals surface area contributed by atoms with Crippen LogP contribution in [0.2, 0.25) is 0 Å². The summed E-state index contributed by atoms with van der Waals surface area (Å²) in [6, 6.07) is 16.5. The van der Waals surface area contributed by atoms with Crippen LogP contribution in [0.1, 0.15) is 24.8 Å². The minimum absolute atomic E-state index is 0.425. The highest BCUT2D eigenvalue weighted by Gasteiger charge is 2.25. The Morgan fingerprint density at radius 1 is 1.19 bits per heavy atom. The molecule has 0 aromatic heterocycles. The Labute approximate surface area is 126 Å². The average Bonchev–Trinajstić information content (AvgIpc) is 2.90. The lowest BCUT2D eigenvalue weighted by Gasteiger charge is -2.27. The van der Waals surface area contributed by atoms with Gasteiger partial charge in [0.1, 0.15) is 5.75 Å². The van der Waals surface area contributed by atoms with Crippen LogP contribution in [0, 0.1) is 0 Å². The summed E-state index contributed by atoms with van der Waals surface area (Å²) in [7, 11) is 0. The van der Waals surface area contributed by atoms with Crippen LogP contribution in [0.5, 0.6) is 5.75 Å². The number of nitrogen functional groups attached to an aromatic ring is 1. The summed E-state index contributed by atoms with van der Waals surface area (Å²) < 4.78 is 5.80. The molecule has 0 radical (unpaired) electrons. The summed E-state index contributed by atoms with van der Waals surface area (Å²) in [5.41, 5.74) is 9.26. The zero-order valence-electron chi connectivity index (χ0n) is 12.5. The van der Waals surface area contributed by atoms with Crippen LogP contribution >= 0.6 is 0 Å². The molecule has 1 atom stereocenters. The van der Waals surface area contributed by atoms with E-state index in [0.29, 0.717) is 5.92 Å². The number of nitrogens with zero attached hydrogens (tertiary/aromatic N) is 1. The topological polar surface area (TPSA) is 38.5 Å². The summed E-state index contributed by atoms with van der Waals surface area (Å²) in [6.07, 6.45) is 1.12. The minimum Gasteiger partial charge on any atom is -0.493 e. The van der Waals surface area contributed by atoms with Gasteiger partial charge in [-0.2, -0.15) is 0 Å². The number of rotatable bonds is 5. The van der Waals surface area contributed by atoms with Crippen molar-refractivity contribution < 1.29 is 4.74 Å². The van der Waals surface area contributed by atoms with Crippen molar-refractivity contribution in [3.8, 4) is 5.75 Å². The van der Waals surface area contributed by atoms with E-state index in [1.54, 1.807) is 0 Å². The van der Waals surface area contributed by atoms with Crippen molar-refractivity contribution >= 4 is 11.4 Å². The minimum atomic E-state index is 0.425. The van der Waals surface area contributed by atoms with E-state index in [-0.39, 0.29) is 0 Å². The number of nitrogens with two attached hydrogens (primary N) is 1. The summed E-state index contributed by atoms with van der Waals surface area (Å²) in [5.74, 6) is 1.46. The molecule has 0 spiro atoms. The molecule has 3 rings (SSSR count). The van der Waals surface area contributed by atoms with Crippen molar-refractivity contribution in [1.82, 2.24) is 0 Å². The van der Waals surface area contributed by atoms with Gasteiger partial charge in [-0.3, -0.25) is 0 Å². The molecule has 2 aromatic rings. The normalized spacial score (nSPS) is 16.3. The van der Waals surface area contributed by atoms with E-state index in [1.165, 1.54) is 11.3 Å². The summed E-state index contributed by atoms with van der Waals surface area (Å²) in [6.45, 7) is 4.97. The SMILES string of the molecule is CCCN(CC1COc2ccccc21)c1cccc(N)c1. The summed E-state index contributed by atoms with van der Waals surface area (Å²) >= 11 is 0. The van der Waals surface area contributed by atoms with E-state index in [9.17, 15) is 0 Å². The quantitative estimate of drug-likeness (QED) is 0.851. The molecule has 3 nitrogen and oxygen atoms in total. The highest BCUT2D eigenvalue weighted by Crippen LogP contribution is 2.34. The van der Waals surface area contributed by atoms with Crippen LogP contribution in [-0.2, 0) is 0 Å². The maximum absolute atomic E-state index is 5.93. The first-order valence-corrected chi connectivity index (χ1v) is 7.60. The van der Waals surface area contributed by atoms with E-state index in [2.05, 4.69) is 42.2 Å². The van der Waals surface area contributed by atoms with Crippen LogP contribution in [0.25, 0.3) is 0 Å². The monoisotopic (exact) mass is 282 g/mol. The Balaban J connectivity index is 1.80. The second-order valence-electron chi connectivity index (χ2n) is 5.59. The number of hydrogen-bond donors (Lipinski definition) is 1. The fraction of sp³-hybridized carbons (Fsp3) is 0.333. The standard InChI is InChI=1S/C18H22N2O/c1-2-10-20(16-7-5-6-15(19)11-16)12-14-13-21-18-9-4-3-8-17(14)18/h3-9,11,14H,2,10,12-13,19H2,1H3. The van der Waals surface area contributed by atoms with Crippen LogP contribution < -0.4 is 15.4 Å². The molecular formula is C18H22N2O. The molecule has 0 amide bonds. The summed E-state index contributed by atoms with van der Waals surface area (Å²) in [4.78, 5) is 2.41. The van der Waals surface area contributed by atoms with Crippen molar-refractivity contribution in [3.63, 3.8) is 0 Å². The third-order valence-electron chi connectivity index (χ3n) is 3.97. The first kappa shape index (κ1) is 13.8. The second kappa shape index (κ2) is 6.08. The molecule has 21 heavy (non-hydrogen) atoms. The first-order valence-electron chi connectivity index (χ1n) is 7.60. The zero-order valence-corrected chi connectivity index (χ0v) is 12.5. The van der Waals surface area contributed by atoms with Crippen LogP contribution in [0.3, 0.4) is 0 Å². The molecule has 1 aliphatic rings. The van der Waals surface area contributed by atoms with Gasteiger partial charge in [-0.1, -0.05) is 31.2 Å². The van der Waals surface area contributed by atoms with Gasteiger partial charge in [0, 0.05) is 35.9 Å². The smallest absolute Gasteiger partial charge is 0.122 e. The third-order valence-corrected chi connectivity index (χ3v) is 3.97. The van der Waals surface area contributed by atoms with Gasteiger partial charge in [0.2, 0.25) is 0 Å². The molecule has 0 bridgehead atoms. The number of benzene rings is 2. The van der Waals surface area contributed by atoms with Gasteiger partial charge in [-0.25, -0.2) is 0 Å². The van der Waals surface area contributed by atoms with E-state index >= 15 is 0 Å². The number of anilines is 2. The van der Waals surface area contributed by atoms with Crippen LogP contribution in [-0.4, -0.2) is 19.7 Å². The molecule has 0 saturated heterocycles. The Hall–Kier alpha value is -2.16. The fourth-order valence-electron chi connectivity index (χ4n) is 2.96. The van der Waals surface area contributed by atoms with Crippen molar-refractivity contribution in [2.24, 2.45) is 0 Å². The van der Waals surface area contributed by atoms with Crippen molar-refractivity contribution in [1.29, 1.82) is 0 Å². The Kier molecular flexibility index (Phi) is 4.00. The lowest BCUT2D eigenvalue weighted by Crippen LogP contribution is -2.30. The van der Waals surface area contributed by atoms with E-state index in [1.807, 2.05) is 18.2 Å². The van der Waals surface area contributed by atoms with Gasteiger partial charge in [-0.05, 0) is 30.7 Å². The lowest BCUT2D eigenvalue weighted by molar-refractivity contribution is 0.331. The van der Waals surface area contributed by atoms with Crippen molar-refractivity contribution in [2.75, 3.05) is 30.3 Å². The van der Waals surface area contributed by atoms with Gasteiger partial charge in [0.05, 0.1) is 6.61 Å². The molecule has 2 N–H and O–H groups in total. The molecule has 110 valence electrons. The van der Waals surface area contributed by atoms with Crippen LogP contribution in [0.4, 0.5) is 11.4 Å². The average molecular weight is 282 g/mol. The number of fused-ring (bicyclic) bond motifs is 1. The van der Waals surface area contributed by atoms with Crippen molar-refractivity contribution in [3.05, 3.63) is 54.1 Å². The molecule has 1 unspecified atom stereocenters. The van der Waals surface area contributed by atoms with Gasteiger partial charge in [0.15, 0.2) is 0 Å². The predicted molar refractivity (Wildman–Crippen MR) is 88.0 cm³/mol.